The van der Waals surface area contributed by atoms with Gasteiger partial charge in [-0.05, 0) is 26.2 Å². The Bertz CT molecular complexity index is 491. The van der Waals surface area contributed by atoms with Crippen LogP contribution in [0.2, 0.25) is 0 Å². The van der Waals surface area contributed by atoms with Crippen LogP contribution in [0, 0.1) is 0 Å². The molecule has 1 saturated heterocycles. The van der Waals surface area contributed by atoms with Gasteiger partial charge in [-0.25, -0.2) is 4.98 Å². The van der Waals surface area contributed by atoms with Crippen molar-refractivity contribution < 1.29 is 4.79 Å². The smallest absolute Gasteiger partial charge is 0.251 e. The fourth-order valence-corrected chi connectivity index (χ4v) is 2.44. The van der Waals surface area contributed by atoms with Crippen LogP contribution in [0.1, 0.15) is 10.4 Å². The first-order valence-corrected chi connectivity index (χ1v) is 7.27. The maximum atomic E-state index is 12.3. The molecule has 1 unspecified atom stereocenters. The Morgan fingerprint density at radius 2 is 2.19 bits per heavy atom. The number of nitrogens with zero attached hydrogens (tertiary/aromatic N) is 4. The van der Waals surface area contributed by atoms with Gasteiger partial charge in [-0.2, -0.15) is 0 Å². The van der Waals surface area contributed by atoms with E-state index in [1.165, 1.54) is 0 Å². The lowest BCUT2D eigenvalue weighted by atomic mass is 10.1. The third-order valence-electron chi connectivity index (χ3n) is 3.94. The number of carbonyl (C=O) groups is 1. The minimum absolute atomic E-state index is 0.0397. The monoisotopic (exact) mass is 291 g/mol. The number of aromatic nitrogens is 1. The minimum Gasteiger partial charge on any atom is -0.363 e. The molecule has 1 aliphatic heterocycles. The van der Waals surface area contributed by atoms with Gasteiger partial charge in [-0.1, -0.05) is 0 Å². The van der Waals surface area contributed by atoms with Crippen molar-refractivity contribution in [1.29, 1.82) is 0 Å². The van der Waals surface area contributed by atoms with Gasteiger partial charge >= 0.3 is 0 Å². The topological polar surface area (TPSA) is 51.7 Å². The van der Waals surface area contributed by atoms with Crippen molar-refractivity contribution in [3.8, 4) is 0 Å². The Morgan fingerprint density at radius 3 is 2.90 bits per heavy atom. The molecule has 1 amide bonds. The molecule has 2 heterocycles. The molecule has 1 aliphatic rings. The second kappa shape index (κ2) is 6.87. The van der Waals surface area contributed by atoms with Crippen molar-refractivity contribution >= 4 is 11.7 Å². The van der Waals surface area contributed by atoms with E-state index in [2.05, 4.69) is 34.2 Å². The molecule has 1 fully saturated rings. The van der Waals surface area contributed by atoms with Gasteiger partial charge in [0.2, 0.25) is 0 Å². The van der Waals surface area contributed by atoms with Gasteiger partial charge in [0.05, 0.1) is 0 Å². The van der Waals surface area contributed by atoms with Gasteiger partial charge in [-0.15, -0.1) is 0 Å². The molecule has 0 aliphatic carbocycles. The van der Waals surface area contributed by atoms with E-state index in [1.54, 1.807) is 12.3 Å². The number of rotatable bonds is 4. The summed E-state index contributed by atoms with van der Waals surface area (Å²) in [6.07, 6.45) is 1.67. The highest BCUT2D eigenvalue weighted by atomic mass is 16.1. The zero-order chi connectivity index (χ0) is 15.4. The van der Waals surface area contributed by atoms with E-state index in [-0.39, 0.29) is 5.91 Å². The van der Waals surface area contributed by atoms with Crippen LogP contribution in [0.15, 0.2) is 18.3 Å². The Hall–Kier alpha value is -1.66. The molecule has 0 aromatic carbocycles. The molecule has 0 bridgehead atoms. The van der Waals surface area contributed by atoms with Crippen LogP contribution in [0.5, 0.6) is 0 Å². The highest BCUT2D eigenvalue weighted by Gasteiger charge is 2.22. The second-order valence-corrected chi connectivity index (χ2v) is 5.90. The van der Waals surface area contributed by atoms with Gasteiger partial charge in [0.1, 0.15) is 5.82 Å². The zero-order valence-corrected chi connectivity index (χ0v) is 13.3. The first-order chi connectivity index (χ1) is 9.97. The summed E-state index contributed by atoms with van der Waals surface area (Å²) in [4.78, 5) is 23.0. The molecule has 0 spiro atoms. The second-order valence-electron chi connectivity index (χ2n) is 5.90. The number of pyridine rings is 1. The summed E-state index contributed by atoms with van der Waals surface area (Å²) < 4.78 is 0. The van der Waals surface area contributed by atoms with E-state index < -0.39 is 0 Å². The molecule has 116 valence electrons. The predicted octanol–water partition coefficient (Wildman–Crippen LogP) is 0.123. The average Bonchev–Trinajstić information content (AvgIpc) is 2.48. The van der Waals surface area contributed by atoms with Crippen molar-refractivity contribution in [1.82, 2.24) is 20.1 Å². The summed E-state index contributed by atoms with van der Waals surface area (Å²) in [7, 11) is 8.06. The van der Waals surface area contributed by atoms with Crippen LogP contribution >= 0.6 is 0 Å². The number of nitrogens with one attached hydrogen (secondary N) is 1. The quantitative estimate of drug-likeness (QED) is 0.854. The normalized spacial score (nSPS) is 20.3. The SMILES string of the molecule is CN1CCN(C)C(CNC(=O)c2ccnc(N(C)C)c2)C1. The Kier molecular flexibility index (Phi) is 5.14. The van der Waals surface area contributed by atoms with Crippen LogP contribution in [-0.2, 0) is 0 Å². The van der Waals surface area contributed by atoms with Crippen molar-refractivity contribution in [2.45, 2.75) is 6.04 Å². The molecule has 2 rings (SSSR count). The van der Waals surface area contributed by atoms with Crippen molar-refractivity contribution in [3.63, 3.8) is 0 Å². The van der Waals surface area contributed by atoms with E-state index >= 15 is 0 Å². The van der Waals surface area contributed by atoms with Gasteiger partial charge in [0.15, 0.2) is 0 Å². The van der Waals surface area contributed by atoms with E-state index in [4.69, 9.17) is 0 Å². The van der Waals surface area contributed by atoms with Crippen LogP contribution < -0.4 is 10.2 Å². The van der Waals surface area contributed by atoms with Gasteiger partial charge in [0.25, 0.3) is 5.91 Å². The third-order valence-corrected chi connectivity index (χ3v) is 3.94. The highest BCUT2D eigenvalue weighted by Crippen LogP contribution is 2.10. The summed E-state index contributed by atoms with van der Waals surface area (Å²) in [5, 5.41) is 3.03. The number of hydrogen-bond donors (Lipinski definition) is 1. The fraction of sp³-hybridized carbons (Fsp3) is 0.600. The first-order valence-electron chi connectivity index (χ1n) is 7.27. The number of hydrogen-bond acceptors (Lipinski definition) is 5. The van der Waals surface area contributed by atoms with Gasteiger partial charge < -0.3 is 15.1 Å². The molecule has 21 heavy (non-hydrogen) atoms. The molecule has 6 heteroatoms. The highest BCUT2D eigenvalue weighted by molar-refractivity contribution is 5.94. The standard InChI is InChI=1S/C15H25N5O/c1-18(2)14-9-12(5-6-16-14)15(21)17-10-13-11-19(3)7-8-20(13)4/h5-6,9,13H,7-8,10-11H2,1-4H3,(H,17,21). The van der Waals surface area contributed by atoms with Gasteiger partial charge in [-0.3, -0.25) is 9.69 Å². The molecule has 0 saturated carbocycles. The molecule has 1 N–H and O–H groups in total. The van der Waals surface area contributed by atoms with Gasteiger partial charge in [0, 0.05) is 58.1 Å². The van der Waals surface area contributed by atoms with Crippen LogP contribution in [-0.4, -0.2) is 81.1 Å². The third kappa shape index (κ3) is 4.15. The summed E-state index contributed by atoms with van der Waals surface area (Å²) in [5.74, 6) is 0.749. The lowest BCUT2D eigenvalue weighted by Gasteiger charge is -2.37. The maximum absolute atomic E-state index is 12.3. The average molecular weight is 291 g/mol. The summed E-state index contributed by atoms with van der Waals surface area (Å²) >= 11 is 0. The molecular weight excluding hydrogens is 266 g/mol. The Balaban J connectivity index is 1.93. The number of carbonyl (C=O) groups excluding carboxylic acids is 1. The van der Waals surface area contributed by atoms with Crippen molar-refractivity contribution in [3.05, 3.63) is 23.9 Å². The predicted molar refractivity (Wildman–Crippen MR) is 84.8 cm³/mol. The number of amides is 1. The van der Waals surface area contributed by atoms with Crippen LogP contribution in [0.3, 0.4) is 0 Å². The van der Waals surface area contributed by atoms with E-state index in [9.17, 15) is 4.79 Å². The van der Waals surface area contributed by atoms with Crippen LogP contribution in [0.25, 0.3) is 0 Å². The lowest BCUT2D eigenvalue weighted by Crippen LogP contribution is -2.54. The molecule has 1 aromatic heterocycles. The minimum atomic E-state index is -0.0397. The molecular formula is C15H25N5O. The number of piperazine rings is 1. The fourth-order valence-electron chi connectivity index (χ4n) is 2.44. The molecule has 0 radical (unpaired) electrons. The number of anilines is 1. The van der Waals surface area contributed by atoms with Crippen LogP contribution in [0.4, 0.5) is 5.82 Å². The Labute approximate surface area is 126 Å². The maximum Gasteiger partial charge on any atom is 0.251 e. The largest absolute Gasteiger partial charge is 0.363 e. The molecule has 6 nitrogen and oxygen atoms in total. The molecule has 1 aromatic rings. The summed E-state index contributed by atoms with van der Waals surface area (Å²) in [5.41, 5.74) is 0.653. The van der Waals surface area contributed by atoms with Crippen molar-refractivity contribution in [2.24, 2.45) is 0 Å². The summed E-state index contributed by atoms with van der Waals surface area (Å²) in [6, 6.07) is 3.92. The number of likely N-dealkylation sites (N-methyl/N-ethyl adjacent to an activating group) is 2. The lowest BCUT2D eigenvalue weighted by molar-refractivity contribution is 0.0881. The van der Waals surface area contributed by atoms with Crippen molar-refractivity contribution in [2.75, 3.05) is 59.3 Å². The Morgan fingerprint density at radius 1 is 1.43 bits per heavy atom. The van der Waals surface area contributed by atoms with E-state index in [0.717, 1.165) is 25.5 Å². The molecule has 1 atom stereocenters. The summed E-state index contributed by atoms with van der Waals surface area (Å²) in [6.45, 7) is 3.77. The van der Waals surface area contributed by atoms with E-state index in [1.807, 2.05) is 25.1 Å². The zero-order valence-electron chi connectivity index (χ0n) is 13.3. The van der Waals surface area contributed by atoms with E-state index in [0.29, 0.717) is 18.2 Å². The first kappa shape index (κ1) is 15.7.